The molecule has 0 bridgehead atoms. The summed E-state index contributed by atoms with van der Waals surface area (Å²) in [5, 5.41) is 16.2. The Kier molecular flexibility index (Phi) is 5.63. The van der Waals surface area contributed by atoms with Crippen molar-refractivity contribution < 1.29 is 4.85 Å². The molecule has 0 saturated heterocycles. The van der Waals surface area contributed by atoms with E-state index in [1.165, 1.54) is 15.7 Å². The van der Waals surface area contributed by atoms with Crippen LogP contribution in [0.2, 0.25) is 36.3 Å². The summed E-state index contributed by atoms with van der Waals surface area (Å²) in [6, 6.07) is 12.6. The highest BCUT2D eigenvalue weighted by Crippen LogP contribution is 2.37. The van der Waals surface area contributed by atoms with Crippen LogP contribution in [0.3, 0.4) is 0 Å². The van der Waals surface area contributed by atoms with Gasteiger partial charge in [0.15, 0.2) is 13.4 Å². The molecule has 1 aromatic carbocycles. The molecule has 5 heteroatoms. The van der Waals surface area contributed by atoms with Crippen LogP contribution < -0.4 is 15.5 Å². The van der Waals surface area contributed by atoms with Crippen molar-refractivity contribution in [2.24, 2.45) is 0 Å². The molecule has 0 N–H and O–H groups in total. The maximum atomic E-state index is 13.6. The van der Waals surface area contributed by atoms with Crippen LogP contribution in [0.5, 0.6) is 0 Å². The highest BCUT2D eigenvalue weighted by Gasteiger charge is 2.48. The first kappa shape index (κ1) is 22.0. The summed E-state index contributed by atoms with van der Waals surface area (Å²) in [7, 11) is -3.80. The maximum absolute atomic E-state index is 13.6. The van der Waals surface area contributed by atoms with Gasteiger partial charge in [-0.1, -0.05) is 103 Å². The normalized spacial score (nSPS) is 13.9. The minimum atomic E-state index is -1.94. The van der Waals surface area contributed by atoms with Gasteiger partial charge in [-0.2, -0.15) is 0 Å². The number of hydrogen-bond donors (Lipinski definition) is 0. The molecule has 0 spiro atoms. The van der Waals surface area contributed by atoms with Crippen molar-refractivity contribution >= 4 is 26.8 Å². The fourth-order valence-corrected chi connectivity index (χ4v) is 7.17. The van der Waals surface area contributed by atoms with Crippen LogP contribution in [0, 0.1) is 5.21 Å². The van der Waals surface area contributed by atoms with Crippen molar-refractivity contribution in [1.29, 1.82) is 0 Å². The molecular weight excluding hydrogens is 364 g/mol. The first-order valence-electron chi connectivity index (χ1n) is 9.99. The van der Waals surface area contributed by atoms with Crippen molar-refractivity contribution in [2.75, 3.05) is 0 Å². The molecule has 0 radical (unpaired) electrons. The molecule has 0 saturated carbocycles. The van der Waals surface area contributed by atoms with E-state index < -0.39 is 16.1 Å². The zero-order chi connectivity index (χ0) is 20.8. The largest absolute Gasteiger partial charge is 0.596 e. The highest BCUT2D eigenvalue weighted by molar-refractivity contribution is 6.94. The summed E-state index contributed by atoms with van der Waals surface area (Å²) in [4.78, 5) is 1.25. The number of benzene rings is 1. The quantitative estimate of drug-likeness (QED) is 0.418. The summed E-state index contributed by atoms with van der Waals surface area (Å²) in [6.07, 6.45) is 0. The lowest BCUT2D eigenvalue weighted by atomic mass is 10.2. The fraction of sp³-hybridized carbons (Fsp3) is 0.591. The Morgan fingerprint density at radius 3 is 1.78 bits per heavy atom. The number of aromatic nitrogens is 2. The Morgan fingerprint density at radius 2 is 1.33 bits per heavy atom. The van der Waals surface area contributed by atoms with E-state index >= 15 is 0 Å². The van der Waals surface area contributed by atoms with Gasteiger partial charge in [0.1, 0.15) is 14.6 Å². The Bertz CT molecular complexity index is 794. The third-order valence-electron chi connectivity index (χ3n) is 7.18. The van der Waals surface area contributed by atoms with Crippen molar-refractivity contribution in [3.63, 3.8) is 0 Å². The van der Waals surface area contributed by atoms with Gasteiger partial charge in [-0.05, 0) is 15.6 Å². The number of hydrogen-bond acceptors (Lipinski definition) is 1. The van der Waals surface area contributed by atoms with Crippen LogP contribution in [0.15, 0.2) is 36.4 Å². The molecule has 0 aliphatic heterocycles. The predicted molar refractivity (Wildman–Crippen MR) is 123 cm³/mol. The predicted octanol–water partition coefficient (Wildman–Crippen LogP) is 4.60. The van der Waals surface area contributed by atoms with Gasteiger partial charge in [0.25, 0.3) is 0 Å². The third-order valence-corrected chi connectivity index (χ3v) is 18.0. The molecule has 3 nitrogen and oxygen atoms in total. The lowest BCUT2D eigenvalue weighted by Crippen LogP contribution is -2.65. The zero-order valence-corrected chi connectivity index (χ0v) is 21.0. The van der Waals surface area contributed by atoms with E-state index in [0.29, 0.717) is 6.54 Å². The monoisotopic (exact) mass is 402 g/mol. The SMILES string of the molecule is CC(C)(C)[Si](C)(C)c1cc([Si](C)(C)C(C)(C)C)[n+]([O-])n1Cc1ccccc1. The molecule has 1 aromatic heterocycles. The van der Waals surface area contributed by atoms with Gasteiger partial charge in [-0.25, -0.2) is 0 Å². The molecule has 150 valence electrons. The maximum Gasteiger partial charge on any atom is 0.192 e. The van der Waals surface area contributed by atoms with Crippen molar-refractivity contribution in [1.82, 2.24) is 4.68 Å². The Balaban J connectivity index is 2.73. The van der Waals surface area contributed by atoms with Gasteiger partial charge >= 0.3 is 0 Å². The molecule has 0 fully saturated rings. The second-order valence-electron chi connectivity index (χ2n) is 11.0. The fourth-order valence-electron chi connectivity index (χ4n) is 3.08. The molecular formula is C22H38N2OSi2. The summed E-state index contributed by atoms with van der Waals surface area (Å²) >= 11 is 0. The van der Waals surface area contributed by atoms with Crippen LogP contribution in [0.4, 0.5) is 0 Å². The van der Waals surface area contributed by atoms with E-state index in [0.717, 1.165) is 5.32 Å². The summed E-state index contributed by atoms with van der Waals surface area (Å²) in [5.74, 6) is 0. The Hall–Kier alpha value is -1.34. The molecule has 0 atom stereocenters. The van der Waals surface area contributed by atoms with Gasteiger partial charge in [-0.3, -0.25) is 0 Å². The number of rotatable bonds is 4. The first-order chi connectivity index (χ1) is 12.1. The highest BCUT2D eigenvalue weighted by atomic mass is 28.3. The lowest BCUT2D eigenvalue weighted by Gasteiger charge is -2.36. The van der Waals surface area contributed by atoms with Crippen LogP contribution in [0.25, 0.3) is 0 Å². The van der Waals surface area contributed by atoms with Gasteiger partial charge in [-0.15, -0.1) is 4.68 Å². The van der Waals surface area contributed by atoms with Gasteiger partial charge in [0, 0.05) is 6.07 Å². The van der Waals surface area contributed by atoms with E-state index in [1.807, 2.05) is 10.7 Å². The summed E-state index contributed by atoms with van der Waals surface area (Å²) in [6.45, 7) is 23.9. The smallest absolute Gasteiger partial charge is 0.192 e. The molecule has 2 aromatic rings. The number of nitrogens with zero attached hydrogens (tertiary/aromatic N) is 2. The molecule has 0 aliphatic carbocycles. The molecule has 2 rings (SSSR count). The van der Waals surface area contributed by atoms with Gasteiger partial charge in [0.2, 0.25) is 0 Å². The van der Waals surface area contributed by atoms with E-state index in [2.05, 4.69) is 98.1 Å². The molecule has 1 heterocycles. The third kappa shape index (κ3) is 3.95. The van der Waals surface area contributed by atoms with E-state index in [9.17, 15) is 5.21 Å². The molecule has 0 amide bonds. The minimum Gasteiger partial charge on any atom is -0.596 e. The molecule has 0 unspecified atom stereocenters. The van der Waals surface area contributed by atoms with Gasteiger partial charge in [0.05, 0.1) is 5.32 Å². The first-order valence-corrected chi connectivity index (χ1v) is 16.0. The zero-order valence-electron chi connectivity index (χ0n) is 19.0. The second kappa shape index (κ2) is 6.92. The van der Waals surface area contributed by atoms with Crippen molar-refractivity contribution in [3.05, 3.63) is 47.2 Å². The summed E-state index contributed by atoms with van der Waals surface area (Å²) < 4.78 is 2.03. The van der Waals surface area contributed by atoms with Gasteiger partial charge < -0.3 is 5.21 Å². The molecule has 0 aliphatic rings. The Morgan fingerprint density at radius 1 is 0.852 bits per heavy atom. The van der Waals surface area contributed by atoms with Crippen LogP contribution in [-0.4, -0.2) is 20.8 Å². The van der Waals surface area contributed by atoms with Crippen LogP contribution in [0.1, 0.15) is 47.1 Å². The van der Waals surface area contributed by atoms with E-state index in [1.54, 1.807) is 0 Å². The van der Waals surface area contributed by atoms with Crippen molar-refractivity contribution in [2.45, 2.75) is 84.4 Å². The minimum absolute atomic E-state index is 0.128. The van der Waals surface area contributed by atoms with Crippen LogP contribution >= 0.6 is 0 Å². The van der Waals surface area contributed by atoms with E-state index in [4.69, 9.17) is 0 Å². The average molecular weight is 403 g/mol. The second-order valence-corrected chi connectivity index (χ2v) is 21.5. The van der Waals surface area contributed by atoms with Crippen molar-refractivity contribution in [3.8, 4) is 0 Å². The lowest BCUT2D eigenvalue weighted by molar-refractivity contribution is -0.676. The molecule has 27 heavy (non-hydrogen) atoms. The standard InChI is InChI=1S/C22H38N2OSi2/c1-21(2,3)26(7,8)19-16-20(27(9,10)22(4,5)6)24(25)23(19)17-18-14-12-11-13-15-18/h11-16H,17H2,1-10H3. The topological polar surface area (TPSA) is 31.9 Å². The Labute approximate surface area is 168 Å². The van der Waals surface area contributed by atoms with Crippen LogP contribution in [-0.2, 0) is 6.54 Å². The summed E-state index contributed by atoms with van der Waals surface area (Å²) in [5.41, 5.74) is 1.18. The van der Waals surface area contributed by atoms with E-state index in [-0.39, 0.29) is 10.1 Å². The average Bonchev–Trinajstić information content (AvgIpc) is 2.84.